The molecule has 1 rings (SSSR count). The van der Waals surface area contributed by atoms with E-state index in [0.717, 1.165) is 0 Å². The number of nitrogens with one attached hydrogen (secondary N) is 1. The van der Waals surface area contributed by atoms with Crippen molar-refractivity contribution < 1.29 is 0 Å². The maximum absolute atomic E-state index is 4.54. The molecule has 0 aliphatic rings. The molecule has 0 aliphatic heterocycles. The Bertz CT molecular complexity index is 274. The Balaban J connectivity index is 2.95. The number of nitrogens with zero attached hydrogens (tertiary/aromatic N) is 1. The zero-order valence-electron chi connectivity index (χ0n) is 10.9. The molecular weight excluding hydrogens is 216 g/mol. The maximum atomic E-state index is 4.54. The fraction of sp³-hybridized carbons (Fsp3) is 0.769. The second-order valence-electron chi connectivity index (χ2n) is 4.72. The first-order valence-electron chi connectivity index (χ1n) is 6.32. The molecule has 2 nitrogen and oxygen atoms in total. The molecule has 0 radical (unpaired) electrons. The first-order chi connectivity index (χ1) is 7.64. The third kappa shape index (κ3) is 3.29. The van der Waals surface area contributed by atoms with E-state index >= 15 is 0 Å². The quantitative estimate of drug-likeness (QED) is 0.781. The zero-order chi connectivity index (χ0) is 12.0. The van der Waals surface area contributed by atoms with E-state index in [-0.39, 0.29) is 5.54 Å². The summed E-state index contributed by atoms with van der Waals surface area (Å²) in [5.74, 6) is 0. The van der Waals surface area contributed by atoms with Crippen molar-refractivity contribution in [3.63, 3.8) is 0 Å². The van der Waals surface area contributed by atoms with Crippen molar-refractivity contribution in [3.05, 3.63) is 16.6 Å². The van der Waals surface area contributed by atoms with Crippen LogP contribution >= 0.6 is 11.3 Å². The molecule has 0 atom stereocenters. The van der Waals surface area contributed by atoms with Gasteiger partial charge < -0.3 is 5.32 Å². The van der Waals surface area contributed by atoms with Gasteiger partial charge in [-0.2, -0.15) is 0 Å². The zero-order valence-corrected chi connectivity index (χ0v) is 11.7. The van der Waals surface area contributed by atoms with Gasteiger partial charge in [-0.3, -0.25) is 0 Å². The van der Waals surface area contributed by atoms with E-state index in [1.165, 1.54) is 30.7 Å². The topological polar surface area (TPSA) is 24.9 Å². The van der Waals surface area contributed by atoms with Crippen LogP contribution in [0.1, 0.15) is 58.4 Å². The average molecular weight is 240 g/mol. The summed E-state index contributed by atoms with van der Waals surface area (Å²) in [4.78, 5) is 4.54. The Hall–Kier alpha value is -0.410. The maximum Gasteiger partial charge on any atom is 0.113 e. The predicted molar refractivity (Wildman–Crippen MR) is 71.9 cm³/mol. The Labute approximate surface area is 103 Å². The summed E-state index contributed by atoms with van der Waals surface area (Å²) in [6.07, 6.45) is 6.65. The van der Waals surface area contributed by atoms with Gasteiger partial charge in [0.05, 0.1) is 5.54 Å². The van der Waals surface area contributed by atoms with Gasteiger partial charge in [-0.1, -0.05) is 26.7 Å². The van der Waals surface area contributed by atoms with Gasteiger partial charge in [-0.25, -0.2) is 4.98 Å². The molecule has 0 bridgehead atoms. The summed E-state index contributed by atoms with van der Waals surface area (Å²) >= 11 is 1.78. The molecule has 1 N–H and O–H groups in total. The standard InChI is InChI=1S/C13H24N2S/c1-5-7-13(8-6-2,15-11(3)4)12-14-9-10-16-12/h9-11,15H,5-8H2,1-4H3. The molecule has 0 fully saturated rings. The molecule has 3 heteroatoms. The van der Waals surface area contributed by atoms with Crippen LogP contribution in [0.2, 0.25) is 0 Å². The fourth-order valence-corrected chi connectivity index (χ4v) is 3.27. The van der Waals surface area contributed by atoms with Crippen LogP contribution in [-0.2, 0) is 5.54 Å². The van der Waals surface area contributed by atoms with Crippen molar-refractivity contribution in [3.8, 4) is 0 Å². The van der Waals surface area contributed by atoms with Gasteiger partial charge in [0.25, 0.3) is 0 Å². The Kier molecular flexibility index (Phi) is 5.42. The van der Waals surface area contributed by atoms with E-state index in [1.807, 2.05) is 6.20 Å². The molecule has 1 aromatic heterocycles. The van der Waals surface area contributed by atoms with Crippen LogP contribution in [-0.4, -0.2) is 11.0 Å². The van der Waals surface area contributed by atoms with E-state index in [9.17, 15) is 0 Å². The number of aromatic nitrogens is 1. The van der Waals surface area contributed by atoms with Gasteiger partial charge in [-0.15, -0.1) is 11.3 Å². The molecule has 0 spiro atoms. The number of rotatable bonds is 7. The molecule has 0 unspecified atom stereocenters. The third-order valence-corrected chi connectivity index (χ3v) is 3.74. The average Bonchev–Trinajstić information content (AvgIpc) is 2.70. The largest absolute Gasteiger partial charge is 0.303 e. The first kappa shape index (κ1) is 13.7. The first-order valence-corrected chi connectivity index (χ1v) is 7.20. The number of hydrogen-bond acceptors (Lipinski definition) is 3. The highest BCUT2D eigenvalue weighted by molar-refractivity contribution is 7.09. The number of thiazole rings is 1. The highest BCUT2D eigenvalue weighted by Gasteiger charge is 2.33. The SMILES string of the molecule is CCCC(CCC)(NC(C)C)c1nccs1. The van der Waals surface area contributed by atoms with Crippen molar-refractivity contribution in [2.24, 2.45) is 0 Å². The normalized spacial score (nSPS) is 12.3. The summed E-state index contributed by atoms with van der Waals surface area (Å²) in [5, 5.41) is 7.08. The molecule has 1 aromatic rings. The van der Waals surface area contributed by atoms with Crippen LogP contribution < -0.4 is 5.32 Å². The molecule has 0 amide bonds. The molecular formula is C13H24N2S. The minimum Gasteiger partial charge on any atom is -0.303 e. The Morgan fingerprint density at radius 2 is 1.94 bits per heavy atom. The summed E-state index contributed by atoms with van der Waals surface area (Å²) in [6.45, 7) is 8.93. The van der Waals surface area contributed by atoms with Gasteiger partial charge in [0.15, 0.2) is 0 Å². The molecule has 0 saturated carbocycles. The van der Waals surface area contributed by atoms with Crippen LogP contribution in [0.25, 0.3) is 0 Å². The molecule has 92 valence electrons. The summed E-state index contributed by atoms with van der Waals surface area (Å²) in [7, 11) is 0. The molecule has 16 heavy (non-hydrogen) atoms. The highest BCUT2D eigenvalue weighted by atomic mass is 32.1. The van der Waals surface area contributed by atoms with Crippen molar-refractivity contribution in [1.82, 2.24) is 10.3 Å². The molecule has 1 heterocycles. The molecule has 0 aromatic carbocycles. The minimum absolute atomic E-state index is 0.103. The highest BCUT2D eigenvalue weighted by Crippen LogP contribution is 2.33. The monoisotopic (exact) mass is 240 g/mol. The number of hydrogen-bond donors (Lipinski definition) is 1. The Morgan fingerprint density at radius 1 is 1.31 bits per heavy atom. The van der Waals surface area contributed by atoms with Gasteiger partial charge in [0.2, 0.25) is 0 Å². The van der Waals surface area contributed by atoms with Crippen LogP contribution in [0.3, 0.4) is 0 Å². The van der Waals surface area contributed by atoms with Crippen LogP contribution in [0, 0.1) is 0 Å². The Morgan fingerprint density at radius 3 is 2.31 bits per heavy atom. The second kappa shape index (κ2) is 6.36. The lowest BCUT2D eigenvalue weighted by atomic mass is 9.88. The van der Waals surface area contributed by atoms with E-state index < -0.39 is 0 Å². The lowest BCUT2D eigenvalue weighted by Gasteiger charge is -2.35. The van der Waals surface area contributed by atoms with Gasteiger partial charge >= 0.3 is 0 Å². The molecule has 0 saturated heterocycles. The summed E-state index contributed by atoms with van der Waals surface area (Å²) in [6, 6.07) is 0.502. The molecule has 0 aliphatic carbocycles. The lowest BCUT2D eigenvalue weighted by Crippen LogP contribution is -2.45. The second-order valence-corrected chi connectivity index (χ2v) is 5.61. The van der Waals surface area contributed by atoms with Crippen LogP contribution in [0.5, 0.6) is 0 Å². The van der Waals surface area contributed by atoms with E-state index in [1.54, 1.807) is 11.3 Å². The summed E-state index contributed by atoms with van der Waals surface area (Å²) in [5.41, 5.74) is 0.103. The van der Waals surface area contributed by atoms with Crippen molar-refractivity contribution in [2.75, 3.05) is 0 Å². The van der Waals surface area contributed by atoms with Crippen LogP contribution in [0.15, 0.2) is 11.6 Å². The van der Waals surface area contributed by atoms with Crippen molar-refractivity contribution >= 4 is 11.3 Å². The van der Waals surface area contributed by atoms with Crippen molar-refractivity contribution in [1.29, 1.82) is 0 Å². The predicted octanol–water partition coefficient (Wildman–Crippen LogP) is 3.94. The van der Waals surface area contributed by atoms with Gasteiger partial charge in [0.1, 0.15) is 5.01 Å². The van der Waals surface area contributed by atoms with Gasteiger partial charge in [0, 0.05) is 17.6 Å². The fourth-order valence-electron chi connectivity index (χ4n) is 2.41. The smallest absolute Gasteiger partial charge is 0.113 e. The van der Waals surface area contributed by atoms with Crippen molar-refractivity contribution in [2.45, 2.75) is 65.0 Å². The summed E-state index contributed by atoms with van der Waals surface area (Å²) < 4.78 is 0. The van der Waals surface area contributed by atoms with Crippen LogP contribution in [0.4, 0.5) is 0 Å². The van der Waals surface area contributed by atoms with E-state index in [4.69, 9.17) is 0 Å². The third-order valence-electron chi connectivity index (χ3n) is 2.76. The van der Waals surface area contributed by atoms with E-state index in [2.05, 4.69) is 43.4 Å². The minimum atomic E-state index is 0.103. The van der Waals surface area contributed by atoms with Gasteiger partial charge in [-0.05, 0) is 26.7 Å². The van der Waals surface area contributed by atoms with E-state index in [0.29, 0.717) is 6.04 Å². The lowest BCUT2D eigenvalue weighted by molar-refractivity contribution is 0.257.